The number of hydrogen-bond acceptors (Lipinski definition) is 6. The van der Waals surface area contributed by atoms with Gasteiger partial charge in [-0.1, -0.05) is 18.2 Å². The molecule has 0 radical (unpaired) electrons. The van der Waals surface area contributed by atoms with E-state index in [1.54, 1.807) is 18.3 Å². The molecule has 1 saturated heterocycles. The number of aromatic nitrogens is 3. The highest BCUT2D eigenvalue weighted by Crippen LogP contribution is 2.31. The van der Waals surface area contributed by atoms with E-state index in [0.29, 0.717) is 44.2 Å². The van der Waals surface area contributed by atoms with Gasteiger partial charge in [0.1, 0.15) is 0 Å². The Kier molecular flexibility index (Phi) is 7.14. The van der Waals surface area contributed by atoms with Gasteiger partial charge in [0.2, 0.25) is 11.8 Å². The molecule has 1 saturated carbocycles. The third kappa shape index (κ3) is 5.91. The molecule has 9 heteroatoms. The maximum atomic E-state index is 14.1. The van der Waals surface area contributed by atoms with Crippen molar-refractivity contribution in [1.82, 2.24) is 25.6 Å². The number of carbonyl (C=O) groups excluding carboxylic acids is 2. The number of carbonyl (C=O) groups is 2. The molecule has 1 aliphatic heterocycles. The predicted octanol–water partition coefficient (Wildman–Crippen LogP) is 2.34. The highest BCUT2D eigenvalue weighted by Gasteiger charge is 2.25. The van der Waals surface area contributed by atoms with Gasteiger partial charge in [-0.25, -0.2) is 9.07 Å². The summed E-state index contributed by atoms with van der Waals surface area (Å²) in [5, 5.41) is 13.8. The van der Waals surface area contributed by atoms with Crippen molar-refractivity contribution in [2.75, 3.05) is 13.2 Å². The molecule has 2 unspecified atom stereocenters. The first-order valence-corrected chi connectivity index (χ1v) is 11.4. The zero-order valence-electron chi connectivity index (χ0n) is 18.3. The molecule has 2 amide bonds. The lowest BCUT2D eigenvalue weighted by molar-refractivity contribution is -0.134. The Morgan fingerprint density at radius 3 is 2.94 bits per heavy atom. The van der Waals surface area contributed by atoms with Crippen LogP contribution >= 0.6 is 0 Å². The summed E-state index contributed by atoms with van der Waals surface area (Å²) in [5.41, 5.74) is 2.01. The van der Waals surface area contributed by atoms with Gasteiger partial charge >= 0.3 is 0 Å². The third-order valence-electron chi connectivity index (χ3n) is 6.08. The van der Waals surface area contributed by atoms with Crippen LogP contribution in [0.2, 0.25) is 0 Å². The number of hydrogen-bond donors (Lipinski definition) is 2. The topological polar surface area (TPSA) is 98.1 Å². The molecule has 1 aromatic heterocycles. The van der Waals surface area contributed by atoms with Crippen molar-refractivity contribution in [2.45, 2.75) is 64.0 Å². The fourth-order valence-corrected chi connectivity index (χ4v) is 3.85. The number of aryl methyl sites for hydroxylation is 1. The highest BCUT2D eigenvalue weighted by atomic mass is 19.1. The van der Waals surface area contributed by atoms with Crippen molar-refractivity contribution in [3.63, 3.8) is 0 Å². The zero-order valence-corrected chi connectivity index (χ0v) is 18.3. The molecule has 2 aromatic rings. The number of piperidine rings is 1. The molecule has 8 nitrogen and oxygen atoms in total. The van der Waals surface area contributed by atoms with Crippen LogP contribution in [-0.2, 0) is 22.6 Å². The Morgan fingerprint density at radius 2 is 2.16 bits per heavy atom. The zero-order chi connectivity index (χ0) is 22.5. The maximum absolute atomic E-state index is 14.1. The van der Waals surface area contributed by atoms with E-state index in [9.17, 15) is 14.0 Å². The van der Waals surface area contributed by atoms with Gasteiger partial charge < -0.3 is 10.1 Å². The summed E-state index contributed by atoms with van der Waals surface area (Å²) in [6, 6.07) is 4.75. The van der Waals surface area contributed by atoms with Crippen molar-refractivity contribution in [2.24, 2.45) is 5.92 Å². The van der Waals surface area contributed by atoms with Gasteiger partial charge in [0.25, 0.3) is 0 Å². The van der Waals surface area contributed by atoms with Gasteiger partial charge in [0.15, 0.2) is 11.6 Å². The predicted molar refractivity (Wildman–Crippen MR) is 116 cm³/mol. The van der Waals surface area contributed by atoms with Gasteiger partial charge in [-0.2, -0.15) is 0 Å². The van der Waals surface area contributed by atoms with Crippen LogP contribution in [-0.4, -0.2) is 46.0 Å². The summed E-state index contributed by atoms with van der Waals surface area (Å²) in [7, 11) is 0. The summed E-state index contributed by atoms with van der Waals surface area (Å²) < 4.78 is 21.7. The Balaban J connectivity index is 1.27. The molecule has 172 valence electrons. The molecule has 2 fully saturated rings. The van der Waals surface area contributed by atoms with Crippen LogP contribution in [0.15, 0.2) is 24.4 Å². The number of nitrogens with one attached hydrogen (secondary N) is 2. The van der Waals surface area contributed by atoms with Crippen LogP contribution < -0.4 is 15.4 Å². The van der Waals surface area contributed by atoms with E-state index < -0.39 is 0 Å². The number of amides is 2. The van der Waals surface area contributed by atoms with Crippen molar-refractivity contribution in [3.05, 3.63) is 41.5 Å². The van der Waals surface area contributed by atoms with Gasteiger partial charge in [0.05, 0.1) is 24.5 Å². The normalized spacial score (nSPS) is 19.6. The standard InChI is InChI=1S/C23H30FN5O3/c1-15(17-6-7-19(24)21(11-17)32-14-16-4-5-16)13-29-18(12-26-28-29)3-2-10-25-20-8-9-22(30)27-23(20)31/h6-7,11-12,15-16,20,25H,2-5,8-10,13-14H2,1H3,(H,27,30,31). The van der Waals surface area contributed by atoms with E-state index in [-0.39, 0.29) is 29.6 Å². The average molecular weight is 444 g/mol. The Bertz CT molecular complexity index is 959. The van der Waals surface area contributed by atoms with Crippen LogP contribution in [0.5, 0.6) is 5.75 Å². The molecule has 32 heavy (non-hydrogen) atoms. The molecule has 1 aliphatic carbocycles. The van der Waals surface area contributed by atoms with Crippen LogP contribution in [0.25, 0.3) is 0 Å². The lowest BCUT2D eigenvalue weighted by Gasteiger charge is -2.21. The molecule has 0 spiro atoms. The van der Waals surface area contributed by atoms with Gasteiger partial charge in [-0.3, -0.25) is 14.9 Å². The van der Waals surface area contributed by atoms with Crippen molar-refractivity contribution < 1.29 is 18.7 Å². The number of halogens is 1. The lowest BCUT2D eigenvalue weighted by Crippen LogP contribution is -2.50. The molecule has 2 heterocycles. The molecule has 2 N–H and O–H groups in total. The number of ether oxygens (including phenoxy) is 1. The minimum absolute atomic E-state index is 0.112. The first kappa shape index (κ1) is 22.4. The number of benzene rings is 1. The van der Waals surface area contributed by atoms with E-state index >= 15 is 0 Å². The molecule has 1 aromatic carbocycles. The molecular formula is C23H30FN5O3. The van der Waals surface area contributed by atoms with Crippen LogP contribution in [0.4, 0.5) is 4.39 Å². The summed E-state index contributed by atoms with van der Waals surface area (Å²) in [6.07, 6.45) is 6.56. The minimum atomic E-state index is -0.327. The van der Waals surface area contributed by atoms with Crippen molar-refractivity contribution >= 4 is 11.8 Å². The second-order valence-electron chi connectivity index (χ2n) is 8.81. The van der Waals surface area contributed by atoms with E-state index in [0.717, 1.165) is 36.9 Å². The lowest BCUT2D eigenvalue weighted by atomic mass is 10.0. The largest absolute Gasteiger partial charge is 0.490 e. The smallest absolute Gasteiger partial charge is 0.243 e. The Labute approximate surface area is 186 Å². The van der Waals surface area contributed by atoms with Gasteiger partial charge in [-0.15, -0.1) is 5.10 Å². The Hall–Kier alpha value is -2.81. The number of rotatable bonds is 11. The summed E-state index contributed by atoms with van der Waals surface area (Å²) in [4.78, 5) is 23.0. The van der Waals surface area contributed by atoms with Crippen LogP contribution in [0, 0.1) is 11.7 Å². The fraction of sp³-hybridized carbons (Fsp3) is 0.565. The van der Waals surface area contributed by atoms with E-state index in [1.807, 2.05) is 4.68 Å². The van der Waals surface area contributed by atoms with Gasteiger partial charge in [0, 0.05) is 18.9 Å². The Morgan fingerprint density at radius 1 is 1.31 bits per heavy atom. The summed E-state index contributed by atoms with van der Waals surface area (Å²) in [6.45, 7) is 3.94. The number of nitrogens with zero attached hydrogens (tertiary/aromatic N) is 3. The summed E-state index contributed by atoms with van der Waals surface area (Å²) in [5.74, 6) is 0.214. The monoisotopic (exact) mass is 443 g/mol. The minimum Gasteiger partial charge on any atom is -0.490 e. The highest BCUT2D eigenvalue weighted by molar-refractivity contribution is 6.00. The van der Waals surface area contributed by atoms with E-state index in [2.05, 4.69) is 27.9 Å². The molecule has 4 rings (SSSR count). The second-order valence-corrected chi connectivity index (χ2v) is 8.81. The molecule has 2 aliphatic rings. The maximum Gasteiger partial charge on any atom is 0.243 e. The third-order valence-corrected chi connectivity index (χ3v) is 6.08. The van der Waals surface area contributed by atoms with E-state index in [1.165, 1.54) is 6.07 Å². The van der Waals surface area contributed by atoms with Crippen molar-refractivity contribution in [1.29, 1.82) is 0 Å². The van der Waals surface area contributed by atoms with Gasteiger partial charge in [-0.05, 0) is 62.3 Å². The fourth-order valence-electron chi connectivity index (χ4n) is 3.85. The SMILES string of the molecule is CC(Cn1nncc1CCCNC1CCC(=O)NC1=O)c1ccc(F)c(OCC2CC2)c1. The van der Waals surface area contributed by atoms with E-state index in [4.69, 9.17) is 4.74 Å². The first-order chi connectivity index (χ1) is 15.5. The average Bonchev–Trinajstić information content (AvgIpc) is 3.50. The second kappa shape index (κ2) is 10.2. The number of imide groups is 1. The quantitative estimate of drug-likeness (QED) is 0.409. The van der Waals surface area contributed by atoms with Crippen LogP contribution in [0.3, 0.4) is 0 Å². The molecule has 2 atom stereocenters. The molecule has 0 bridgehead atoms. The van der Waals surface area contributed by atoms with Crippen LogP contribution in [0.1, 0.15) is 56.2 Å². The summed E-state index contributed by atoms with van der Waals surface area (Å²) >= 11 is 0. The molecular weight excluding hydrogens is 413 g/mol. The van der Waals surface area contributed by atoms with Crippen molar-refractivity contribution in [3.8, 4) is 5.75 Å². The first-order valence-electron chi connectivity index (χ1n) is 11.4.